The second kappa shape index (κ2) is 6.92. The lowest BCUT2D eigenvalue weighted by molar-refractivity contribution is 0.122. The van der Waals surface area contributed by atoms with Gasteiger partial charge in [-0.2, -0.15) is 5.10 Å². The molecule has 4 rings (SSSR count). The Labute approximate surface area is 150 Å². The van der Waals surface area contributed by atoms with E-state index >= 15 is 0 Å². The highest BCUT2D eigenvalue weighted by atomic mass is 19.1. The van der Waals surface area contributed by atoms with Crippen molar-refractivity contribution in [3.8, 4) is 17.0 Å². The van der Waals surface area contributed by atoms with Gasteiger partial charge in [0.15, 0.2) is 11.6 Å². The zero-order valence-electron chi connectivity index (χ0n) is 14.8. The van der Waals surface area contributed by atoms with E-state index in [0.717, 1.165) is 35.6 Å². The average Bonchev–Trinajstić information content (AvgIpc) is 3.05. The highest BCUT2D eigenvalue weighted by Gasteiger charge is 2.17. The van der Waals surface area contributed by atoms with Crippen molar-refractivity contribution in [1.29, 1.82) is 0 Å². The summed E-state index contributed by atoms with van der Waals surface area (Å²) in [5, 5.41) is 8.12. The number of halogens is 1. The Morgan fingerprint density at radius 1 is 1.23 bits per heavy atom. The van der Waals surface area contributed by atoms with Crippen LogP contribution in [0.1, 0.15) is 13.8 Å². The molecule has 7 heteroatoms. The molecule has 1 N–H and O–H groups in total. The number of benzene rings is 1. The smallest absolute Gasteiger partial charge is 0.167 e. The summed E-state index contributed by atoms with van der Waals surface area (Å²) in [7, 11) is 0. The molecule has 1 aromatic carbocycles. The van der Waals surface area contributed by atoms with Crippen molar-refractivity contribution >= 4 is 16.7 Å². The molecule has 0 spiro atoms. The van der Waals surface area contributed by atoms with Gasteiger partial charge in [0.2, 0.25) is 0 Å². The predicted octanol–water partition coefficient (Wildman–Crippen LogP) is 3.39. The van der Waals surface area contributed by atoms with E-state index in [9.17, 15) is 4.39 Å². The van der Waals surface area contributed by atoms with E-state index in [1.165, 1.54) is 6.07 Å². The van der Waals surface area contributed by atoms with Crippen LogP contribution in [0.4, 0.5) is 10.2 Å². The van der Waals surface area contributed by atoms with Crippen molar-refractivity contribution in [2.75, 3.05) is 31.2 Å². The first-order chi connectivity index (χ1) is 12.6. The number of H-pyrrole nitrogens is 1. The number of fused-ring (bicyclic) bond motifs is 1. The lowest BCUT2D eigenvalue weighted by Gasteiger charge is -2.27. The van der Waals surface area contributed by atoms with Crippen LogP contribution in [-0.2, 0) is 4.74 Å². The number of nitrogens with one attached hydrogen (secondary N) is 1. The average molecular weight is 356 g/mol. The molecule has 136 valence electrons. The molecule has 0 radical (unpaired) electrons. The minimum atomic E-state index is -0.398. The predicted molar refractivity (Wildman–Crippen MR) is 98.1 cm³/mol. The fourth-order valence-corrected chi connectivity index (χ4v) is 3.11. The zero-order chi connectivity index (χ0) is 18.1. The van der Waals surface area contributed by atoms with Crippen molar-refractivity contribution in [2.45, 2.75) is 20.0 Å². The van der Waals surface area contributed by atoms with Crippen LogP contribution in [-0.4, -0.2) is 47.6 Å². The van der Waals surface area contributed by atoms with Gasteiger partial charge in [-0.15, -0.1) is 0 Å². The van der Waals surface area contributed by atoms with Crippen molar-refractivity contribution < 1.29 is 13.9 Å². The molecule has 0 amide bonds. The topological polar surface area (TPSA) is 63.3 Å². The molecule has 6 nitrogen and oxygen atoms in total. The van der Waals surface area contributed by atoms with Gasteiger partial charge in [-0.25, -0.2) is 9.37 Å². The quantitative estimate of drug-likeness (QED) is 0.776. The highest BCUT2D eigenvalue weighted by molar-refractivity contribution is 5.94. The minimum absolute atomic E-state index is 0.105. The molecule has 1 aliphatic rings. The van der Waals surface area contributed by atoms with E-state index < -0.39 is 5.82 Å². The summed E-state index contributed by atoms with van der Waals surface area (Å²) in [5.41, 5.74) is 2.32. The molecule has 1 saturated heterocycles. The third kappa shape index (κ3) is 3.22. The summed E-state index contributed by atoms with van der Waals surface area (Å²) in [6.07, 6.45) is 1.67. The molecule has 0 unspecified atom stereocenters. The maximum atomic E-state index is 14.2. The first-order valence-electron chi connectivity index (χ1n) is 8.75. The lowest BCUT2D eigenvalue weighted by Crippen LogP contribution is -2.36. The second-order valence-corrected chi connectivity index (χ2v) is 6.57. The Kier molecular flexibility index (Phi) is 4.46. The van der Waals surface area contributed by atoms with E-state index in [-0.39, 0.29) is 11.9 Å². The largest absolute Gasteiger partial charge is 0.488 e. The van der Waals surface area contributed by atoms with Gasteiger partial charge in [0.1, 0.15) is 11.5 Å². The maximum absolute atomic E-state index is 14.2. The minimum Gasteiger partial charge on any atom is -0.488 e. The summed E-state index contributed by atoms with van der Waals surface area (Å²) in [4.78, 5) is 6.66. The maximum Gasteiger partial charge on any atom is 0.167 e. The number of hydrogen-bond acceptors (Lipinski definition) is 5. The van der Waals surface area contributed by atoms with Crippen LogP contribution >= 0.6 is 0 Å². The van der Waals surface area contributed by atoms with Gasteiger partial charge < -0.3 is 14.4 Å². The molecule has 3 aromatic rings. The van der Waals surface area contributed by atoms with Crippen molar-refractivity contribution in [3.05, 3.63) is 36.3 Å². The van der Waals surface area contributed by atoms with Crippen LogP contribution in [0.15, 0.2) is 30.5 Å². The molecule has 0 atom stereocenters. The van der Waals surface area contributed by atoms with Crippen LogP contribution < -0.4 is 9.64 Å². The monoisotopic (exact) mass is 356 g/mol. The standard InChI is InChI=1S/C19H21FN4O2/c1-12(2)26-17-10-14-16(11-15(17)20)22-23-19(14)13-3-4-21-18(9-13)24-5-7-25-8-6-24/h3-4,9-12H,5-8H2,1-2H3,(H,22,23). The van der Waals surface area contributed by atoms with Gasteiger partial charge in [-0.3, -0.25) is 5.10 Å². The summed E-state index contributed by atoms with van der Waals surface area (Å²) >= 11 is 0. The number of rotatable bonds is 4. The highest BCUT2D eigenvalue weighted by Crippen LogP contribution is 2.32. The van der Waals surface area contributed by atoms with Crippen molar-refractivity contribution in [3.63, 3.8) is 0 Å². The summed E-state index contributed by atoms with van der Waals surface area (Å²) < 4.78 is 25.2. The molecule has 1 aliphatic heterocycles. The fourth-order valence-electron chi connectivity index (χ4n) is 3.11. The van der Waals surface area contributed by atoms with Crippen LogP contribution in [0, 0.1) is 5.82 Å². The van der Waals surface area contributed by atoms with E-state index in [2.05, 4.69) is 20.1 Å². The first-order valence-corrected chi connectivity index (χ1v) is 8.75. The molecular formula is C19H21FN4O2. The SMILES string of the molecule is CC(C)Oc1cc2c(-c3ccnc(N4CCOCC4)c3)n[nH]c2cc1F. The number of ether oxygens (including phenoxy) is 2. The van der Waals surface area contributed by atoms with Gasteiger partial charge in [-0.05, 0) is 32.0 Å². The number of nitrogens with zero attached hydrogens (tertiary/aromatic N) is 3. The van der Waals surface area contributed by atoms with Crippen LogP contribution in [0.25, 0.3) is 22.2 Å². The molecule has 26 heavy (non-hydrogen) atoms. The molecule has 2 aromatic heterocycles. The van der Waals surface area contributed by atoms with Crippen molar-refractivity contribution in [2.24, 2.45) is 0 Å². The third-order valence-electron chi connectivity index (χ3n) is 4.33. The summed E-state index contributed by atoms with van der Waals surface area (Å²) in [5.74, 6) is 0.727. The summed E-state index contributed by atoms with van der Waals surface area (Å²) in [6.45, 7) is 6.78. The molecule has 1 fully saturated rings. The van der Waals surface area contributed by atoms with Gasteiger partial charge in [0, 0.05) is 36.3 Å². The van der Waals surface area contributed by atoms with Crippen LogP contribution in [0.3, 0.4) is 0 Å². The molecule has 0 aliphatic carbocycles. The van der Waals surface area contributed by atoms with Crippen molar-refractivity contribution in [1.82, 2.24) is 15.2 Å². The fraction of sp³-hybridized carbons (Fsp3) is 0.368. The van der Waals surface area contributed by atoms with E-state index in [0.29, 0.717) is 18.7 Å². The normalized spacial score (nSPS) is 15.0. The number of hydrogen-bond donors (Lipinski definition) is 1. The van der Waals surface area contributed by atoms with Crippen LogP contribution in [0.2, 0.25) is 0 Å². The molecule has 0 bridgehead atoms. The molecule has 3 heterocycles. The van der Waals surface area contributed by atoms with E-state index in [1.807, 2.05) is 26.0 Å². The van der Waals surface area contributed by atoms with Gasteiger partial charge in [0.05, 0.1) is 24.8 Å². The molecular weight excluding hydrogens is 335 g/mol. The second-order valence-electron chi connectivity index (χ2n) is 6.57. The molecule has 0 saturated carbocycles. The van der Waals surface area contributed by atoms with E-state index in [1.54, 1.807) is 12.3 Å². The van der Waals surface area contributed by atoms with Gasteiger partial charge in [0.25, 0.3) is 0 Å². The number of aromatic nitrogens is 3. The Hall–Kier alpha value is -2.67. The third-order valence-corrected chi connectivity index (χ3v) is 4.33. The van der Waals surface area contributed by atoms with Gasteiger partial charge >= 0.3 is 0 Å². The van der Waals surface area contributed by atoms with Gasteiger partial charge in [-0.1, -0.05) is 0 Å². The Morgan fingerprint density at radius 2 is 2.04 bits per heavy atom. The number of aromatic amines is 1. The summed E-state index contributed by atoms with van der Waals surface area (Å²) in [6, 6.07) is 7.05. The first kappa shape index (κ1) is 16.8. The van der Waals surface area contributed by atoms with E-state index in [4.69, 9.17) is 9.47 Å². The zero-order valence-corrected chi connectivity index (χ0v) is 14.8. The Bertz CT molecular complexity index is 919. The Morgan fingerprint density at radius 3 is 2.81 bits per heavy atom. The number of morpholine rings is 1. The number of anilines is 1. The lowest BCUT2D eigenvalue weighted by atomic mass is 10.1. The Balaban J connectivity index is 1.74. The van der Waals surface area contributed by atoms with Crippen LogP contribution in [0.5, 0.6) is 5.75 Å². The number of pyridine rings is 1.